The zero-order chi connectivity index (χ0) is 14.9. The molecule has 1 heterocycles. The highest BCUT2D eigenvalue weighted by molar-refractivity contribution is 5.59. The Morgan fingerprint density at radius 1 is 0.952 bits per heavy atom. The van der Waals surface area contributed by atoms with E-state index in [9.17, 15) is 0 Å². The van der Waals surface area contributed by atoms with Crippen LogP contribution in [0.5, 0.6) is 0 Å². The zero-order valence-electron chi connectivity index (χ0n) is 13.0. The molecule has 0 amide bonds. The molecule has 2 aromatic rings. The second-order valence-corrected chi connectivity index (χ2v) is 5.53. The van der Waals surface area contributed by atoms with Gasteiger partial charge in [-0.1, -0.05) is 49.8 Å². The first-order valence-electron chi connectivity index (χ1n) is 7.98. The summed E-state index contributed by atoms with van der Waals surface area (Å²) >= 11 is 0. The van der Waals surface area contributed by atoms with Crippen LogP contribution in [-0.4, -0.2) is 4.98 Å². The number of pyridine rings is 1. The lowest BCUT2D eigenvalue weighted by atomic mass is 10.0. The largest absolute Gasteiger partial charge is 0.256 e. The molecule has 2 rings (SSSR count). The van der Waals surface area contributed by atoms with Gasteiger partial charge in [-0.2, -0.15) is 0 Å². The first kappa shape index (κ1) is 15.5. The van der Waals surface area contributed by atoms with Crippen LogP contribution >= 0.6 is 0 Å². The summed E-state index contributed by atoms with van der Waals surface area (Å²) < 4.78 is 0. The van der Waals surface area contributed by atoms with Gasteiger partial charge < -0.3 is 0 Å². The number of rotatable bonds is 8. The molecule has 110 valence electrons. The van der Waals surface area contributed by atoms with E-state index >= 15 is 0 Å². The molecule has 0 fully saturated rings. The molecule has 0 aliphatic rings. The minimum atomic E-state index is 1.06. The third kappa shape index (κ3) is 4.86. The van der Waals surface area contributed by atoms with Gasteiger partial charge in [0.05, 0.1) is 5.69 Å². The monoisotopic (exact) mass is 279 g/mol. The van der Waals surface area contributed by atoms with Crippen molar-refractivity contribution >= 4 is 0 Å². The molecule has 0 radical (unpaired) electrons. The first-order chi connectivity index (χ1) is 10.3. The maximum Gasteiger partial charge on any atom is 0.0702 e. The summed E-state index contributed by atoms with van der Waals surface area (Å²) in [6, 6.07) is 13.1. The Bertz CT molecular complexity index is 537. The zero-order valence-corrected chi connectivity index (χ0v) is 13.0. The predicted molar refractivity (Wildman–Crippen MR) is 91.4 cm³/mol. The number of allylic oxidation sites excluding steroid dienone is 1. The quantitative estimate of drug-likeness (QED) is 0.453. The molecule has 0 saturated carbocycles. The fourth-order valence-electron chi connectivity index (χ4n) is 2.42. The highest BCUT2D eigenvalue weighted by atomic mass is 14.7. The summed E-state index contributed by atoms with van der Waals surface area (Å²) in [5.74, 6) is 0. The molecule has 0 N–H and O–H groups in total. The van der Waals surface area contributed by atoms with Gasteiger partial charge in [0.2, 0.25) is 0 Å². The second-order valence-electron chi connectivity index (χ2n) is 5.53. The Kier molecular flexibility index (Phi) is 6.21. The van der Waals surface area contributed by atoms with E-state index in [0.29, 0.717) is 0 Å². The molecule has 0 aliphatic heterocycles. The van der Waals surface area contributed by atoms with Gasteiger partial charge in [0.25, 0.3) is 0 Å². The standard InChI is InChI=1S/C20H25N/c1-3-5-7-9-18-12-15-20(21-16-18)19-13-10-17(11-14-19)8-6-4-2/h3,10-16H,1,4-9H2,2H3. The molecular weight excluding hydrogens is 254 g/mol. The molecule has 0 atom stereocenters. The summed E-state index contributed by atoms with van der Waals surface area (Å²) in [5.41, 5.74) is 4.99. The van der Waals surface area contributed by atoms with E-state index in [0.717, 1.165) is 25.0 Å². The van der Waals surface area contributed by atoms with Crippen molar-refractivity contribution in [1.82, 2.24) is 4.98 Å². The van der Waals surface area contributed by atoms with E-state index in [4.69, 9.17) is 0 Å². The number of hydrogen-bond acceptors (Lipinski definition) is 1. The molecular formula is C20H25N. The summed E-state index contributed by atoms with van der Waals surface area (Å²) in [5, 5.41) is 0. The molecule has 1 aromatic heterocycles. The number of hydrogen-bond donors (Lipinski definition) is 0. The number of unbranched alkanes of at least 4 members (excludes halogenated alkanes) is 2. The van der Waals surface area contributed by atoms with Crippen LogP contribution in [0.1, 0.15) is 43.7 Å². The SMILES string of the molecule is C=CCCCc1ccc(-c2ccc(CCCC)cc2)nc1. The van der Waals surface area contributed by atoms with E-state index in [1.165, 1.54) is 36.0 Å². The molecule has 1 aromatic carbocycles. The van der Waals surface area contributed by atoms with Crippen molar-refractivity contribution in [2.45, 2.75) is 45.4 Å². The van der Waals surface area contributed by atoms with Crippen molar-refractivity contribution in [3.05, 3.63) is 66.4 Å². The van der Waals surface area contributed by atoms with Gasteiger partial charge in [-0.25, -0.2) is 0 Å². The van der Waals surface area contributed by atoms with Crippen molar-refractivity contribution in [3.63, 3.8) is 0 Å². The minimum Gasteiger partial charge on any atom is -0.256 e. The summed E-state index contributed by atoms with van der Waals surface area (Å²) in [6.45, 7) is 5.99. The molecule has 0 bridgehead atoms. The lowest BCUT2D eigenvalue weighted by Gasteiger charge is -2.05. The molecule has 0 aliphatic carbocycles. The lowest BCUT2D eigenvalue weighted by Crippen LogP contribution is -1.90. The molecule has 0 unspecified atom stereocenters. The Balaban J connectivity index is 1.99. The maximum atomic E-state index is 4.59. The minimum absolute atomic E-state index is 1.06. The van der Waals surface area contributed by atoms with Crippen LogP contribution in [0.3, 0.4) is 0 Å². The highest BCUT2D eigenvalue weighted by Crippen LogP contribution is 2.19. The Morgan fingerprint density at radius 2 is 1.67 bits per heavy atom. The van der Waals surface area contributed by atoms with Crippen molar-refractivity contribution in [2.24, 2.45) is 0 Å². The Hall–Kier alpha value is -1.89. The van der Waals surface area contributed by atoms with E-state index in [-0.39, 0.29) is 0 Å². The van der Waals surface area contributed by atoms with Crippen LogP contribution in [0.25, 0.3) is 11.3 Å². The van der Waals surface area contributed by atoms with Crippen molar-refractivity contribution < 1.29 is 0 Å². The van der Waals surface area contributed by atoms with Crippen LogP contribution in [0, 0.1) is 0 Å². The van der Waals surface area contributed by atoms with E-state index in [1.54, 1.807) is 0 Å². The van der Waals surface area contributed by atoms with Gasteiger partial charge in [0.1, 0.15) is 0 Å². The van der Waals surface area contributed by atoms with Gasteiger partial charge in [-0.3, -0.25) is 4.98 Å². The molecule has 0 spiro atoms. The number of benzene rings is 1. The Labute approximate surface area is 128 Å². The first-order valence-corrected chi connectivity index (χ1v) is 7.98. The smallest absolute Gasteiger partial charge is 0.0702 e. The van der Waals surface area contributed by atoms with Gasteiger partial charge in [0, 0.05) is 11.8 Å². The van der Waals surface area contributed by atoms with Gasteiger partial charge in [0.15, 0.2) is 0 Å². The number of nitrogens with zero attached hydrogens (tertiary/aromatic N) is 1. The maximum absolute atomic E-state index is 4.59. The van der Waals surface area contributed by atoms with Crippen molar-refractivity contribution in [1.29, 1.82) is 0 Å². The van der Waals surface area contributed by atoms with Crippen LogP contribution in [-0.2, 0) is 12.8 Å². The van der Waals surface area contributed by atoms with Crippen molar-refractivity contribution in [3.8, 4) is 11.3 Å². The van der Waals surface area contributed by atoms with Gasteiger partial charge >= 0.3 is 0 Å². The fraction of sp³-hybridized carbons (Fsp3) is 0.350. The van der Waals surface area contributed by atoms with E-state index < -0.39 is 0 Å². The highest BCUT2D eigenvalue weighted by Gasteiger charge is 2.00. The third-order valence-corrected chi connectivity index (χ3v) is 3.77. The van der Waals surface area contributed by atoms with Gasteiger partial charge in [-0.05, 0) is 49.3 Å². The molecule has 21 heavy (non-hydrogen) atoms. The average Bonchev–Trinajstić information content (AvgIpc) is 2.54. The molecule has 0 saturated heterocycles. The van der Waals surface area contributed by atoms with Crippen LogP contribution in [0.2, 0.25) is 0 Å². The second kappa shape index (κ2) is 8.41. The normalized spacial score (nSPS) is 10.5. The summed E-state index contributed by atoms with van der Waals surface area (Å²) in [6.07, 6.45) is 11.0. The Morgan fingerprint density at radius 3 is 2.29 bits per heavy atom. The van der Waals surface area contributed by atoms with Gasteiger partial charge in [-0.15, -0.1) is 6.58 Å². The van der Waals surface area contributed by atoms with E-state index in [2.05, 4.69) is 54.9 Å². The summed E-state index contributed by atoms with van der Waals surface area (Å²) in [4.78, 5) is 4.59. The van der Waals surface area contributed by atoms with Crippen LogP contribution < -0.4 is 0 Å². The van der Waals surface area contributed by atoms with Crippen LogP contribution in [0.4, 0.5) is 0 Å². The molecule has 1 heteroatoms. The van der Waals surface area contributed by atoms with Crippen LogP contribution in [0.15, 0.2) is 55.3 Å². The number of aromatic nitrogens is 1. The average molecular weight is 279 g/mol. The topological polar surface area (TPSA) is 12.9 Å². The molecule has 1 nitrogen and oxygen atoms in total. The van der Waals surface area contributed by atoms with E-state index in [1.807, 2.05) is 12.3 Å². The third-order valence-electron chi connectivity index (χ3n) is 3.77. The van der Waals surface area contributed by atoms with Crippen molar-refractivity contribution in [2.75, 3.05) is 0 Å². The summed E-state index contributed by atoms with van der Waals surface area (Å²) in [7, 11) is 0. The fourth-order valence-corrected chi connectivity index (χ4v) is 2.42. The number of aryl methyl sites for hydroxylation is 2. The predicted octanol–water partition coefficient (Wildman–Crippen LogP) is 5.60. The lowest BCUT2D eigenvalue weighted by molar-refractivity contribution is 0.795.